The Balaban J connectivity index is 1.45. The molecule has 1 atom stereocenters. The van der Waals surface area contributed by atoms with Gasteiger partial charge in [-0.2, -0.15) is 0 Å². The van der Waals surface area contributed by atoms with Gasteiger partial charge in [-0.05, 0) is 50.5 Å². The third kappa shape index (κ3) is 4.50. The molecule has 0 spiro atoms. The quantitative estimate of drug-likeness (QED) is 0.370. The molecule has 7 nitrogen and oxygen atoms in total. The van der Waals surface area contributed by atoms with E-state index in [1.807, 2.05) is 68.9 Å². The van der Waals surface area contributed by atoms with Gasteiger partial charge in [-0.25, -0.2) is 4.98 Å². The summed E-state index contributed by atoms with van der Waals surface area (Å²) < 4.78 is 4.00. The molecule has 0 radical (unpaired) electrons. The molecule has 9 heteroatoms. The average Bonchev–Trinajstić information content (AvgIpc) is 3.42. The van der Waals surface area contributed by atoms with Gasteiger partial charge in [0.25, 0.3) is 0 Å². The SMILES string of the molecule is C[C@H]1CCCCN1C(=O)CSc1nnc(Cn2cnc3ccccc32)n1-c1ccccc1Cl. The molecule has 1 saturated heterocycles. The van der Waals surface area contributed by atoms with Crippen LogP contribution >= 0.6 is 23.4 Å². The van der Waals surface area contributed by atoms with E-state index in [0.717, 1.165) is 41.9 Å². The third-order valence-electron chi connectivity index (χ3n) is 6.08. The topological polar surface area (TPSA) is 68.8 Å². The van der Waals surface area contributed by atoms with Crippen molar-refractivity contribution in [3.63, 3.8) is 0 Å². The number of aromatic nitrogens is 5. The van der Waals surface area contributed by atoms with Crippen molar-refractivity contribution in [2.24, 2.45) is 0 Å². The fourth-order valence-electron chi connectivity index (χ4n) is 4.34. The fraction of sp³-hybridized carbons (Fsp3) is 0.333. The van der Waals surface area contributed by atoms with Crippen LogP contribution in [-0.4, -0.2) is 53.5 Å². The molecule has 1 fully saturated rings. The first kappa shape index (κ1) is 22.0. The summed E-state index contributed by atoms with van der Waals surface area (Å²) in [5.41, 5.74) is 2.75. The van der Waals surface area contributed by atoms with E-state index in [2.05, 4.69) is 22.1 Å². The lowest BCUT2D eigenvalue weighted by Gasteiger charge is -2.33. The maximum absolute atomic E-state index is 12.9. The second-order valence-corrected chi connectivity index (χ2v) is 9.62. The highest BCUT2D eigenvalue weighted by molar-refractivity contribution is 7.99. The number of para-hydroxylation sites is 3. The van der Waals surface area contributed by atoms with E-state index < -0.39 is 0 Å². The normalized spacial score (nSPS) is 16.4. The predicted octanol–water partition coefficient (Wildman–Crippen LogP) is 4.81. The Labute approximate surface area is 201 Å². The van der Waals surface area contributed by atoms with E-state index >= 15 is 0 Å². The Morgan fingerprint density at radius 3 is 2.79 bits per heavy atom. The van der Waals surface area contributed by atoms with Crippen molar-refractivity contribution in [1.82, 2.24) is 29.2 Å². The standard InChI is InChI=1S/C24H25ClN6OS/c1-17-8-6-7-13-30(17)23(32)15-33-24-28-27-22(31(24)20-11-4-2-9-18(20)25)14-29-16-26-19-10-3-5-12-21(19)29/h2-5,9-12,16-17H,6-8,13-15H2,1H3/t17-/m0/s1. The van der Waals surface area contributed by atoms with Crippen LogP contribution < -0.4 is 0 Å². The zero-order chi connectivity index (χ0) is 22.8. The molecule has 1 amide bonds. The van der Waals surface area contributed by atoms with Crippen molar-refractivity contribution in [1.29, 1.82) is 0 Å². The van der Waals surface area contributed by atoms with Crippen LogP contribution in [0.4, 0.5) is 0 Å². The van der Waals surface area contributed by atoms with Crippen LogP contribution in [0.25, 0.3) is 16.7 Å². The van der Waals surface area contributed by atoms with Crippen LogP contribution in [-0.2, 0) is 11.3 Å². The Morgan fingerprint density at radius 2 is 1.94 bits per heavy atom. The lowest BCUT2D eigenvalue weighted by Crippen LogP contribution is -2.43. The number of halogens is 1. The van der Waals surface area contributed by atoms with Gasteiger partial charge in [-0.3, -0.25) is 9.36 Å². The molecule has 0 aliphatic carbocycles. The van der Waals surface area contributed by atoms with Gasteiger partial charge in [-0.1, -0.05) is 47.6 Å². The summed E-state index contributed by atoms with van der Waals surface area (Å²) in [5.74, 6) is 1.19. The zero-order valence-corrected chi connectivity index (χ0v) is 20.0. The Bertz CT molecular complexity index is 1280. The van der Waals surface area contributed by atoms with Crippen molar-refractivity contribution in [2.45, 2.75) is 43.9 Å². The Kier molecular flexibility index (Phi) is 6.37. The Hall–Kier alpha value is -2.84. The van der Waals surface area contributed by atoms with Gasteiger partial charge in [0.1, 0.15) is 0 Å². The van der Waals surface area contributed by atoms with Gasteiger partial charge < -0.3 is 9.47 Å². The van der Waals surface area contributed by atoms with Crippen LogP contribution in [0, 0.1) is 0 Å². The maximum Gasteiger partial charge on any atom is 0.233 e. The summed E-state index contributed by atoms with van der Waals surface area (Å²) in [6.45, 7) is 3.44. The van der Waals surface area contributed by atoms with E-state index in [9.17, 15) is 4.79 Å². The number of likely N-dealkylation sites (tertiary alicyclic amines) is 1. The molecule has 0 unspecified atom stereocenters. The number of hydrogen-bond donors (Lipinski definition) is 0. The van der Waals surface area contributed by atoms with E-state index in [1.54, 1.807) is 0 Å². The first-order valence-corrected chi connectivity index (χ1v) is 12.5. The molecule has 2 aromatic heterocycles. The smallest absolute Gasteiger partial charge is 0.233 e. The zero-order valence-electron chi connectivity index (χ0n) is 18.4. The van der Waals surface area contributed by atoms with Gasteiger partial charge in [0.2, 0.25) is 5.91 Å². The summed E-state index contributed by atoms with van der Waals surface area (Å²) in [4.78, 5) is 19.4. The molecule has 4 aromatic rings. The second-order valence-electron chi connectivity index (χ2n) is 8.27. The molecule has 5 rings (SSSR count). The molecule has 170 valence electrons. The highest BCUT2D eigenvalue weighted by Crippen LogP contribution is 2.28. The number of nitrogens with zero attached hydrogens (tertiary/aromatic N) is 6. The largest absolute Gasteiger partial charge is 0.339 e. The first-order valence-electron chi connectivity index (χ1n) is 11.1. The molecule has 0 bridgehead atoms. The maximum atomic E-state index is 12.9. The summed E-state index contributed by atoms with van der Waals surface area (Å²) in [6, 6.07) is 15.9. The molecule has 0 N–H and O–H groups in total. The lowest BCUT2D eigenvalue weighted by atomic mass is 10.0. The fourth-order valence-corrected chi connectivity index (χ4v) is 5.41. The number of carbonyl (C=O) groups excluding carboxylic acids is 1. The summed E-state index contributed by atoms with van der Waals surface area (Å²) >= 11 is 7.97. The average molecular weight is 481 g/mol. The number of piperidine rings is 1. The molecule has 1 aliphatic rings. The van der Waals surface area contributed by atoms with Crippen molar-refractivity contribution >= 4 is 40.3 Å². The lowest BCUT2D eigenvalue weighted by molar-refractivity contribution is -0.131. The number of benzene rings is 2. The summed E-state index contributed by atoms with van der Waals surface area (Å²) in [5, 5.41) is 10.2. The molecule has 3 heterocycles. The molecule has 2 aromatic carbocycles. The number of thioether (sulfide) groups is 1. The Morgan fingerprint density at radius 1 is 1.12 bits per heavy atom. The van der Waals surface area contributed by atoms with E-state index in [0.29, 0.717) is 28.5 Å². The van der Waals surface area contributed by atoms with Crippen molar-refractivity contribution in [3.8, 4) is 5.69 Å². The summed E-state index contributed by atoms with van der Waals surface area (Å²) in [6.07, 6.45) is 5.13. The number of rotatable bonds is 6. The third-order valence-corrected chi connectivity index (χ3v) is 7.31. The minimum atomic E-state index is 0.142. The van der Waals surface area contributed by atoms with Gasteiger partial charge in [-0.15, -0.1) is 10.2 Å². The van der Waals surface area contributed by atoms with Crippen molar-refractivity contribution in [2.75, 3.05) is 12.3 Å². The minimum Gasteiger partial charge on any atom is -0.339 e. The van der Waals surface area contributed by atoms with Gasteiger partial charge in [0, 0.05) is 12.6 Å². The van der Waals surface area contributed by atoms with E-state index in [1.165, 1.54) is 18.2 Å². The molecule has 33 heavy (non-hydrogen) atoms. The first-order chi connectivity index (χ1) is 16.1. The monoisotopic (exact) mass is 480 g/mol. The predicted molar refractivity (Wildman–Crippen MR) is 131 cm³/mol. The van der Waals surface area contributed by atoms with Crippen LogP contribution in [0.15, 0.2) is 60.0 Å². The highest BCUT2D eigenvalue weighted by atomic mass is 35.5. The number of amides is 1. The number of hydrogen-bond acceptors (Lipinski definition) is 5. The number of carbonyl (C=O) groups is 1. The second kappa shape index (κ2) is 9.57. The van der Waals surface area contributed by atoms with Crippen molar-refractivity contribution < 1.29 is 4.79 Å². The highest BCUT2D eigenvalue weighted by Gasteiger charge is 2.25. The van der Waals surface area contributed by atoms with Gasteiger partial charge in [0.15, 0.2) is 11.0 Å². The minimum absolute atomic E-state index is 0.142. The van der Waals surface area contributed by atoms with Crippen molar-refractivity contribution in [3.05, 3.63) is 65.7 Å². The molecule has 1 aliphatic heterocycles. The number of fused-ring (bicyclic) bond motifs is 1. The van der Waals surface area contributed by atoms with Crippen LogP contribution in [0.1, 0.15) is 32.0 Å². The van der Waals surface area contributed by atoms with Crippen LogP contribution in [0.5, 0.6) is 0 Å². The van der Waals surface area contributed by atoms with Gasteiger partial charge >= 0.3 is 0 Å². The van der Waals surface area contributed by atoms with Gasteiger partial charge in [0.05, 0.1) is 40.4 Å². The van der Waals surface area contributed by atoms with E-state index in [4.69, 9.17) is 11.6 Å². The van der Waals surface area contributed by atoms with Crippen LogP contribution in [0.2, 0.25) is 5.02 Å². The van der Waals surface area contributed by atoms with E-state index in [-0.39, 0.29) is 5.91 Å². The summed E-state index contributed by atoms with van der Waals surface area (Å²) in [7, 11) is 0. The number of imidazole rings is 1. The molecular formula is C24H25ClN6OS. The molecular weight excluding hydrogens is 456 g/mol. The molecule has 0 saturated carbocycles. The van der Waals surface area contributed by atoms with Crippen LogP contribution in [0.3, 0.4) is 0 Å².